The standard InChI is InChI=1S/C16H22ClNO/c1-3-13(2)5-4-12-18-16(19)11-8-14-6-9-15(17)10-7-14/h3,6-7,9-10,13H,1,4-5,8,11-12H2,2H3,(H,18,19)/t13-/m1/s1. The molecule has 0 aliphatic heterocycles. The van der Waals surface area contributed by atoms with Gasteiger partial charge in [-0.3, -0.25) is 4.79 Å². The molecule has 0 radical (unpaired) electrons. The van der Waals surface area contributed by atoms with Gasteiger partial charge in [0.1, 0.15) is 0 Å². The Morgan fingerprint density at radius 2 is 2.11 bits per heavy atom. The van der Waals surface area contributed by atoms with Gasteiger partial charge in [-0.15, -0.1) is 6.58 Å². The molecule has 0 aliphatic rings. The zero-order valence-corrected chi connectivity index (χ0v) is 12.2. The molecular weight excluding hydrogens is 258 g/mol. The molecule has 104 valence electrons. The molecule has 0 unspecified atom stereocenters. The first kappa shape index (κ1) is 15.8. The van der Waals surface area contributed by atoms with Crippen LogP contribution in [0.25, 0.3) is 0 Å². The molecule has 1 aromatic rings. The van der Waals surface area contributed by atoms with Gasteiger partial charge in [0.2, 0.25) is 5.91 Å². The van der Waals surface area contributed by atoms with Crippen molar-refractivity contribution in [1.29, 1.82) is 0 Å². The highest BCUT2D eigenvalue weighted by Gasteiger charge is 2.02. The van der Waals surface area contributed by atoms with E-state index in [9.17, 15) is 4.79 Å². The number of carbonyl (C=O) groups excluding carboxylic acids is 1. The molecule has 1 N–H and O–H groups in total. The third-order valence-corrected chi connectivity index (χ3v) is 3.37. The van der Waals surface area contributed by atoms with Gasteiger partial charge in [0.25, 0.3) is 0 Å². The van der Waals surface area contributed by atoms with Crippen LogP contribution in [0.15, 0.2) is 36.9 Å². The van der Waals surface area contributed by atoms with Gasteiger partial charge in [-0.2, -0.15) is 0 Å². The Kier molecular flexibility index (Phi) is 7.27. The third-order valence-electron chi connectivity index (χ3n) is 3.11. The highest BCUT2D eigenvalue weighted by atomic mass is 35.5. The summed E-state index contributed by atoms with van der Waals surface area (Å²) in [4.78, 5) is 11.6. The number of hydrogen-bond acceptors (Lipinski definition) is 1. The lowest BCUT2D eigenvalue weighted by atomic mass is 10.1. The van der Waals surface area contributed by atoms with E-state index in [-0.39, 0.29) is 5.91 Å². The van der Waals surface area contributed by atoms with Crippen LogP contribution in [0.4, 0.5) is 0 Å². The number of benzene rings is 1. The molecular formula is C16H22ClNO. The second-order valence-corrected chi connectivity index (χ2v) is 5.27. The lowest BCUT2D eigenvalue weighted by Crippen LogP contribution is -2.24. The Hall–Kier alpha value is -1.28. The summed E-state index contributed by atoms with van der Waals surface area (Å²) in [7, 11) is 0. The minimum absolute atomic E-state index is 0.112. The van der Waals surface area contributed by atoms with Gasteiger partial charge >= 0.3 is 0 Å². The number of carbonyl (C=O) groups is 1. The van der Waals surface area contributed by atoms with E-state index in [1.807, 2.05) is 30.3 Å². The molecule has 3 heteroatoms. The quantitative estimate of drug-likeness (QED) is 0.566. The average Bonchev–Trinajstić information content (AvgIpc) is 2.42. The van der Waals surface area contributed by atoms with Crippen LogP contribution in [-0.2, 0) is 11.2 Å². The first-order valence-electron chi connectivity index (χ1n) is 6.75. The van der Waals surface area contributed by atoms with Crippen molar-refractivity contribution >= 4 is 17.5 Å². The average molecular weight is 280 g/mol. The Labute approximate surface area is 120 Å². The molecule has 0 saturated carbocycles. The lowest BCUT2D eigenvalue weighted by molar-refractivity contribution is -0.121. The summed E-state index contributed by atoms with van der Waals surface area (Å²) in [5, 5.41) is 3.67. The van der Waals surface area contributed by atoms with E-state index >= 15 is 0 Å². The fourth-order valence-electron chi connectivity index (χ4n) is 1.77. The zero-order valence-electron chi connectivity index (χ0n) is 11.5. The van der Waals surface area contributed by atoms with Crippen LogP contribution in [0.2, 0.25) is 5.02 Å². The van der Waals surface area contributed by atoms with Crippen molar-refractivity contribution in [1.82, 2.24) is 5.32 Å². The van der Waals surface area contributed by atoms with Crippen molar-refractivity contribution in [3.05, 3.63) is 47.5 Å². The van der Waals surface area contributed by atoms with Gasteiger partial charge < -0.3 is 5.32 Å². The number of nitrogens with one attached hydrogen (secondary N) is 1. The summed E-state index contributed by atoms with van der Waals surface area (Å²) in [6.07, 6.45) is 5.30. The predicted molar refractivity (Wildman–Crippen MR) is 81.4 cm³/mol. The van der Waals surface area contributed by atoms with Crippen LogP contribution in [0.5, 0.6) is 0 Å². The van der Waals surface area contributed by atoms with Crippen LogP contribution < -0.4 is 5.32 Å². The highest BCUT2D eigenvalue weighted by Crippen LogP contribution is 2.11. The van der Waals surface area contributed by atoms with E-state index in [2.05, 4.69) is 18.8 Å². The molecule has 0 heterocycles. The SMILES string of the molecule is C=C[C@@H](C)CCCNC(=O)CCc1ccc(Cl)cc1. The molecule has 1 aromatic carbocycles. The maximum absolute atomic E-state index is 11.6. The maximum Gasteiger partial charge on any atom is 0.220 e. The molecule has 19 heavy (non-hydrogen) atoms. The van der Waals surface area contributed by atoms with Gasteiger partial charge in [-0.25, -0.2) is 0 Å². The smallest absolute Gasteiger partial charge is 0.220 e. The van der Waals surface area contributed by atoms with Crippen molar-refractivity contribution in [2.24, 2.45) is 5.92 Å². The number of aryl methyl sites for hydroxylation is 1. The maximum atomic E-state index is 11.6. The van der Waals surface area contributed by atoms with Crippen molar-refractivity contribution in [2.75, 3.05) is 6.54 Å². The van der Waals surface area contributed by atoms with Crippen LogP contribution in [-0.4, -0.2) is 12.5 Å². The molecule has 0 aromatic heterocycles. The van der Waals surface area contributed by atoms with Crippen molar-refractivity contribution < 1.29 is 4.79 Å². The van der Waals surface area contributed by atoms with Crippen LogP contribution in [0, 0.1) is 5.92 Å². The summed E-state index contributed by atoms with van der Waals surface area (Å²) in [6.45, 7) is 6.63. The van der Waals surface area contributed by atoms with Gasteiger partial charge in [0.15, 0.2) is 0 Å². The number of halogens is 1. The normalized spacial score (nSPS) is 11.9. The minimum Gasteiger partial charge on any atom is -0.356 e. The Morgan fingerprint density at radius 3 is 2.74 bits per heavy atom. The Bertz CT molecular complexity index is 400. The molecule has 1 atom stereocenters. The Balaban J connectivity index is 2.14. The van der Waals surface area contributed by atoms with E-state index in [1.165, 1.54) is 0 Å². The number of amides is 1. The molecule has 1 rings (SSSR count). The number of allylic oxidation sites excluding steroid dienone is 1. The monoisotopic (exact) mass is 279 g/mol. The van der Waals surface area contributed by atoms with Gasteiger partial charge in [0.05, 0.1) is 0 Å². The van der Waals surface area contributed by atoms with E-state index < -0.39 is 0 Å². The summed E-state index contributed by atoms with van der Waals surface area (Å²) in [6, 6.07) is 7.62. The van der Waals surface area contributed by atoms with Crippen LogP contribution in [0.1, 0.15) is 31.7 Å². The van der Waals surface area contributed by atoms with Crippen LogP contribution in [0.3, 0.4) is 0 Å². The summed E-state index contributed by atoms with van der Waals surface area (Å²) in [5.74, 6) is 0.632. The molecule has 0 spiro atoms. The number of hydrogen-bond donors (Lipinski definition) is 1. The van der Waals surface area contributed by atoms with E-state index in [0.717, 1.165) is 36.4 Å². The largest absolute Gasteiger partial charge is 0.356 e. The Morgan fingerprint density at radius 1 is 1.42 bits per heavy atom. The van der Waals surface area contributed by atoms with E-state index in [4.69, 9.17) is 11.6 Å². The van der Waals surface area contributed by atoms with E-state index in [1.54, 1.807) is 0 Å². The fraction of sp³-hybridized carbons (Fsp3) is 0.438. The van der Waals surface area contributed by atoms with E-state index in [0.29, 0.717) is 12.3 Å². The summed E-state index contributed by atoms with van der Waals surface area (Å²) < 4.78 is 0. The zero-order chi connectivity index (χ0) is 14.1. The van der Waals surface area contributed by atoms with Crippen LogP contribution >= 0.6 is 11.6 Å². The topological polar surface area (TPSA) is 29.1 Å². The van der Waals surface area contributed by atoms with Gasteiger partial charge in [0, 0.05) is 18.0 Å². The van der Waals surface area contributed by atoms with Crippen molar-refractivity contribution in [3.63, 3.8) is 0 Å². The second-order valence-electron chi connectivity index (χ2n) is 4.83. The second kappa shape index (κ2) is 8.76. The van der Waals surface area contributed by atoms with Gasteiger partial charge in [-0.1, -0.05) is 36.7 Å². The van der Waals surface area contributed by atoms with Gasteiger partial charge in [-0.05, 0) is 42.9 Å². The third kappa shape index (κ3) is 7.02. The predicted octanol–water partition coefficient (Wildman–Crippen LogP) is 3.99. The summed E-state index contributed by atoms with van der Waals surface area (Å²) in [5.41, 5.74) is 1.14. The van der Waals surface area contributed by atoms with Crippen molar-refractivity contribution in [3.8, 4) is 0 Å². The number of rotatable bonds is 8. The molecule has 0 fully saturated rings. The first-order chi connectivity index (χ1) is 9.11. The fourth-order valence-corrected chi connectivity index (χ4v) is 1.89. The molecule has 0 bridgehead atoms. The molecule has 1 amide bonds. The summed E-state index contributed by atoms with van der Waals surface area (Å²) >= 11 is 5.81. The molecule has 0 aliphatic carbocycles. The molecule has 0 saturated heterocycles. The van der Waals surface area contributed by atoms with Crippen molar-refractivity contribution in [2.45, 2.75) is 32.6 Å². The lowest BCUT2D eigenvalue weighted by Gasteiger charge is -2.07. The molecule has 2 nitrogen and oxygen atoms in total. The minimum atomic E-state index is 0.112. The first-order valence-corrected chi connectivity index (χ1v) is 7.13. The highest BCUT2D eigenvalue weighted by molar-refractivity contribution is 6.30.